The summed E-state index contributed by atoms with van der Waals surface area (Å²) in [5.41, 5.74) is 0. The molecule has 0 aliphatic rings. The van der Waals surface area contributed by atoms with Gasteiger partial charge in [0.1, 0.15) is 0 Å². The molecule has 0 spiro atoms. The van der Waals surface area contributed by atoms with Gasteiger partial charge in [-0.05, 0) is 24.3 Å². The lowest BCUT2D eigenvalue weighted by atomic mass is 10.4. The zero-order chi connectivity index (χ0) is 11.0. The lowest BCUT2D eigenvalue weighted by molar-refractivity contribution is 0.483. The first-order chi connectivity index (χ1) is 6.21. The van der Waals surface area contributed by atoms with Gasteiger partial charge in [-0.25, -0.2) is 13.6 Å². The number of nitrogens with two attached hydrogens (primary N) is 1. The molecule has 1 rings (SSSR count). The summed E-state index contributed by atoms with van der Waals surface area (Å²) in [7, 11) is -8.14. The predicted octanol–water partition coefficient (Wildman–Crippen LogP) is -0.419. The van der Waals surface area contributed by atoms with E-state index in [0.29, 0.717) is 0 Å². The molecule has 6 nitrogen and oxygen atoms in total. The molecule has 1 aromatic carbocycles. The third kappa shape index (κ3) is 2.51. The van der Waals surface area contributed by atoms with Crippen LogP contribution in [0.3, 0.4) is 0 Å². The molecular formula is C6H7NO5S2. The Bertz CT molecular complexity index is 477. The van der Waals surface area contributed by atoms with Crippen LogP contribution in [0.2, 0.25) is 0 Å². The quantitative estimate of drug-likeness (QED) is 0.678. The van der Waals surface area contributed by atoms with Crippen LogP contribution in [0.25, 0.3) is 0 Å². The van der Waals surface area contributed by atoms with Gasteiger partial charge in [0.05, 0.1) is 9.79 Å². The Morgan fingerprint density at radius 1 is 0.929 bits per heavy atom. The Kier molecular flexibility index (Phi) is 2.63. The Morgan fingerprint density at radius 2 is 1.29 bits per heavy atom. The molecule has 0 saturated carbocycles. The molecule has 0 aliphatic heterocycles. The van der Waals surface area contributed by atoms with Crippen molar-refractivity contribution in [1.29, 1.82) is 0 Å². The standard InChI is InChI=1S/C6H7NO5S2/c7-13(8,9)5-1-3-6(4-2-5)14(10,11)12/h1-4H,(H2,7,8,9)(H,10,11,12). The molecule has 0 bridgehead atoms. The Labute approximate surface area is 81.2 Å². The van der Waals surface area contributed by atoms with Gasteiger partial charge in [-0.15, -0.1) is 0 Å². The number of benzene rings is 1. The minimum atomic E-state index is -4.30. The molecule has 8 heteroatoms. The first-order valence-corrected chi connectivity index (χ1v) is 6.30. The first kappa shape index (κ1) is 11.1. The van der Waals surface area contributed by atoms with Crippen molar-refractivity contribution in [2.24, 2.45) is 5.14 Å². The maximum absolute atomic E-state index is 10.8. The highest BCUT2D eigenvalue weighted by molar-refractivity contribution is 7.89. The third-order valence-electron chi connectivity index (χ3n) is 1.45. The third-order valence-corrected chi connectivity index (χ3v) is 3.25. The highest BCUT2D eigenvalue weighted by Gasteiger charge is 2.12. The summed E-state index contributed by atoms with van der Waals surface area (Å²) in [6.07, 6.45) is 0. The van der Waals surface area contributed by atoms with Gasteiger partial charge >= 0.3 is 0 Å². The average Bonchev–Trinajstić information content (AvgIpc) is 2.01. The number of hydrogen-bond acceptors (Lipinski definition) is 4. The van der Waals surface area contributed by atoms with E-state index in [0.717, 1.165) is 24.3 Å². The van der Waals surface area contributed by atoms with E-state index in [1.54, 1.807) is 0 Å². The molecule has 1 aromatic rings. The summed E-state index contributed by atoms with van der Waals surface area (Å²) in [6, 6.07) is 3.90. The van der Waals surface area contributed by atoms with E-state index >= 15 is 0 Å². The van der Waals surface area contributed by atoms with Crippen LogP contribution < -0.4 is 5.14 Å². The van der Waals surface area contributed by atoms with Gasteiger partial charge < -0.3 is 0 Å². The predicted molar refractivity (Wildman–Crippen MR) is 47.6 cm³/mol. The van der Waals surface area contributed by atoms with Crippen LogP contribution >= 0.6 is 0 Å². The summed E-state index contributed by atoms with van der Waals surface area (Å²) in [5, 5.41) is 4.78. The van der Waals surface area contributed by atoms with E-state index in [1.165, 1.54) is 0 Å². The minimum absolute atomic E-state index is 0.218. The van der Waals surface area contributed by atoms with Crippen molar-refractivity contribution in [2.45, 2.75) is 9.79 Å². The molecule has 0 amide bonds. The van der Waals surface area contributed by atoms with Crippen molar-refractivity contribution in [3.05, 3.63) is 24.3 Å². The normalized spacial score (nSPS) is 12.7. The summed E-state index contributed by atoms with van der Waals surface area (Å²) < 4.78 is 51.2. The second-order valence-electron chi connectivity index (χ2n) is 2.49. The van der Waals surface area contributed by atoms with Gasteiger partial charge in [0.15, 0.2) is 0 Å². The molecule has 14 heavy (non-hydrogen) atoms. The second-order valence-corrected chi connectivity index (χ2v) is 5.47. The van der Waals surface area contributed by atoms with Crippen LogP contribution in [0.4, 0.5) is 0 Å². The lowest BCUT2D eigenvalue weighted by Gasteiger charge is -1.99. The van der Waals surface area contributed by atoms with Gasteiger partial charge in [0.25, 0.3) is 10.1 Å². The lowest BCUT2D eigenvalue weighted by Crippen LogP contribution is -2.12. The van der Waals surface area contributed by atoms with E-state index in [-0.39, 0.29) is 9.79 Å². The van der Waals surface area contributed by atoms with Crippen molar-refractivity contribution in [3.8, 4) is 0 Å². The monoisotopic (exact) mass is 237 g/mol. The van der Waals surface area contributed by atoms with Crippen LogP contribution in [-0.2, 0) is 20.1 Å². The zero-order valence-corrected chi connectivity index (χ0v) is 8.42. The van der Waals surface area contributed by atoms with Crippen molar-refractivity contribution in [3.63, 3.8) is 0 Å². The van der Waals surface area contributed by atoms with E-state index in [9.17, 15) is 16.8 Å². The van der Waals surface area contributed by atoms with Gasteiger partial charge in [0, 0.05) is 0 Å². The van der Waals surface area contributed by atoms with E-state index in [4.69, 9.17) is 9.69 Å². The average molecular weight is 237 g/mol. The number of hydrogen-bond donors (Lipinski definition) is 2. The molecule has 0 heterocycles. The zero-order valence-electron chi connectivity index (χ0n) is 6.78. The SMILES string of the molecule is NS(=O)(=O)c1ccc(S(=O)(=O)O)cc1. The molecular weight excluding hydrogens is 230 g/mol. The molecule has 0 saturated heterocycles. The van der Waals surface area contributed by atoms with Crippen molar-refractivity contribution < 1.29 is 21.4 Å². The molecule has 0 radical (unpaired) electrons. The van der Waals surface area contributed by atoms with Gasteiger partial charge in [-0.3, -0.25) is 4.55 Å². The Morgan fingerprint density at radius 3 is 1.57 bits per heavy atom. The van der Waals surface area contributed by atoms with Gasteiger partial charge in [-0.2, -0.15) is 8.42 Å². The molecule has 0 fully saturated rings. The summed E-state index contributed by atoms with van der Waals surface area (Å²) in [4.78, 5) is -0.602. The smallest absolute Gasteiger partial charge is 0.282 e. The Hall–Kier alpha value is -0.960. The maximum Gasteiger partial charge on any atom is 0.294 e. The summed E-state index contributed by atoms with van der Waals surface area (Å²) in [6.45, 7) is 0. The van der Waals surface area contributed by atoms with E-state index in [2.05, 4.69) is 0 Å². The fraction of sp³-hybridized carbons (Fsp3) is 0. The molecule has 0 atom stereocenters. The highest BCUT2D eigenvalue weighted by Crippen LogP contribution is 2.12. The molecule has 0 aliphatic carbocycles. The number of sulfonamides is 1. The van der Waals surface area contributed by atoms with Crippen LogP contribution in [-0.4, -0.2) is 21.4 Å². The van der Waals surface area contributed by atoms with Crippen LogP contribution in [0.5, 0.6) is 0 Å². The van der Waals surface area contributed by atoms with E-state index < -0.39 is 20.1 Å². The maximum atomic E-state index is 10.8. The van der Waals surface area contributed by atoms with E-state index in [1.807, 2.05) is 0 Å². The van der Waals surface area contributed by atoms with Gasteiger partial charge in [0.2, 0.25) is 10.0 Å². The van der Waals surface area contributed by atoms with Crippen LogP contribution in [0.15, 0.2) is 34.1 Å². The fourth-order valence-electron chi connectivity index (χ4n) is 0.801. The summed E-state index contributed by atoms with van der Waals surface area (Å²) >= 11 is 0. The summed E-state index contributed by atoms with van der Waals surface area (Å²) in [5.74, 6) is 0. The largest absolute Gasteiger partial charge is 0.294 e. The minimum Gasteiger partial charge on any atom is -0.282 e. The topological polar surface area (TPSA) is 115 Å². The number of rotatable bonds is 2. The van der Waals surface area contributed by atoms with Crippen molar-refractivity contribution in [1.82, 2.24) is 0 Å². The second kappa shape index (κ2) is 3.31. The number of primary sulfonamides is 1. The van der Waals surface area contributed by atoms with Crippen molar-refractivity contribution >= 4 is 20.1 Å². The molecule has 0 aromatic heterocycles. The highest BCUT2D eigenvalue weighted by atomic mass is 32.2. The fourth-order valence-corrected chi connectivity index (χ4v) is 1.80. The molecule has 3 N–H and O–H groups in total. The first-order valence-electron chi connectivity index (χ1n) is 3.31. The van der Waals surface area contributed by atoms with Crippen LogP contribution in [0, 0.1) is 0 Å². The van der Waals surface area contributed by atoms with Crippen LogP contribution in [0.1, 0.15) is 0 Å². The van der Waals surface area contributed by atoms with Gasteiger partial charge in [-0.1, -0.05) is 0 Å². The molecule has 0 unspecified atom stereocenters. The van der Waals surface area contributed by atoms with Crippen molar-refractivity contribution in [2.75, 3.05) is 0 Å². The molecule has 78 valence electrons. The Balaban J connectivity index is 3.28.